The van der Waals surface area contributed by atoms with Gasteiger partial charge in [0.2, 0.25) is 0 Å². The number of rotatable bonds is 4. The van der Waals surface area contributed by atoms with Crippen LogP contribution in [0.15, 0.2) is 48.8 Å². The van der Waals surface area contributed by atoms with Gasteiger partial charge in [0, 0.05) is 61.2 Å². The summed E-state index contributed by atoms with van der Waals surface area (Å²) in [7, 11) is 0. The zero-order chi connectivity index (χ0) is 22.8. The van der Waals surface area contributed by atoms with E-state index < -0.39 is 11.7 Å². The van der Waals surface area contributed by atoms with Crippen molar-refractivity contribution in [2.45, 2.75) is 63.7 Å². The molecular formula is C26H27F3N4. The highest BCUT2D eigenvalue weighted by Gasteiger charge is 2.30. The lowest BCUT2D eigenvalue weighted by atomic mass is 9.88. The van der Waals surface area contributed by atoms with Crippen LogP contribution in [0.3, 0.4) is 0 Å². The smallest absolute Gasteiger partial charge is 0.294 e. The summed E-state index contributed by atoms with van der Waals surface area (Å²) in [6.07, 6.45) is 6.74. The van der Waals surface area contributed by atoms with Crippen molar-refractivity contribution in [3.63, 3.8) is 0 Å². The van der Waals surface area contributed by atoms with E-state index in [1.165, 1.54) is 55.5 Å². The Morgan fingerprint density at radius 2 is 1.70 bits per heavy atom. The molecule has 0 N–H and O–H groups in total. The first-order chi connectivity index (χ1) is 16.0. The number of hydrogen-bond donors (Lipinski definition) is 0. The summed E-state index contributed by atoms with van der Waals surface area (Å²) in [5, 5.41) is 0. The van der Waals surface area contributed by atoms with Crippen LogP contribution in [0.25, 0.3) is 11.3 Å². The van der Waals surface area contributed by atoms with E-state index in [0.717, 1.165) is 49.6 Å². The first-order valence-corrected chi connectivity index (χ1v) is 11.7. The molecule has 2 aliphatic rings. The minimum absolute atomic E-state index is 0.524. The van der Waals surface area contributed by atoms with E-state index in [1.807, 2.05) is 24.5 Å². The van der Waals surface area contributed by atoms with Crippen LogP contribution < -0.4 is 0 Å². The highest BCUT2D eigenvalue weighted by atomic mass is 19.4. The standard InChI is InChI=1S/C26H27F3N4/c27-26(28,29)22-9-7-19(8-10-22)23-11-6-18(14-30-23)16-33-13-12-24-21(17-33)15-31-25(32-24)20-4-2-1-3-5-20/h6-11,14-15,20H,1-5,12-13,16-17H2. The van der Waals surface area contributed by atoms with E-state index in [4.69, 9.17) is 9.97 Å². The molecule has 4 nitrogen and oxygen atoms in total. The summed E-state index contributed by atoms with van der Waals surface area (Å²) in [6.45, 7) is 2.53. The molecular weight excluding hydrogens is 425 g/mol. The van der Waals surface area contributed by atoms with Gasteiger partial charge in [0.1, 0.15) is 5.82 Å². The third kappa shape index (κ3) is 5.08. The molecule has 1 aliphatic carbocycles. The minimum Gasteiger partial charge on any atom is -0.294 e. The van der Waals surface area contributed by atoms with Crippen LogP contribution in [0.4, 0.5) is 13.2 Å². The molecule has 3 aromatic rings. The van der Waals surface area contributed by atoms with Gasteiger partial charge in [-0.15, -0.1) is 0 Å². The summed E-state index contributed by atoms with van der Waals surface area (Å²) in [5.41, 5.74) is 4.16. The SMILES string of the molecule is FC(F)(F)c1ccc(-c2ccc(CN3CCc4nc(C5CCCCC5)ncc4C3)cn2)cc1. The monoisotopic (exact) mass is 452 g/mol. The Kier molecular flexibility index (Phi) is 6.15. The van der Waals surface area contributed by atoms with Gasteiger partial charge < -0.3 is 0 Å². The maximum atomic E-state index is 12.8. The predicted octanol–water partition coefficient (Wildman–Crippen LogP) is 6.16. The molecule has 1 aromatic carbocycles. The highest BCUT2D eigenvalue weighted by molar-refractivity contribution is 5.59. The molecule has 0 radical (unpaired) electrons. The third-order valence-corrected chi connectivity index (χ3v) is 6.74. The molecule has 0 spiro atoms. The molecule has 3 heterocycles. The van der Waals surface area contributed by atoms with Crippen molar-refractivity contribution in [3.05, 3.63) is 77.0 Å². The van der Waals surface area contributed by atoms with Gasteiger partial charge in [-0.1, -0.05) is 37.5 Å². The van der Waals surface area contributed by atoms with E-state index in [9.17, 15) is 13.2 Å². The summed E-state index contributed by atoms with van der Waals surface area (Å²) < 4.78 is 38.3. The minimum atomic E-state index is -4.33. The zero-order valence-corrected chi connectivity index (χ0v) is 18.5. The van der Waals surface area contributed by atoms with Gasteiger partial charge in [-0.05, 0) is 36.6 Å². The van der Waals surface area contributed by atoms with Crippen molar-refractivity contribution in [2.75, 3.05) is 6.54 Å². The number of alkyl halides is 3. The zero-order valence-electron chi connectivity index (χ0n) is 18.5. The van der Waals surface area contributed by atoms with E-state index in [1.54, 1.807) is 0 Å². The average molecular weight is 453 g/mol. The van der Waals surface area contributed by atoms with Gasteiger partial charge in [-0.3, -0.25) is 9.88 Å². The molecule has 7 heteroatoms. The van der Waals surface area contributed by atoms with Gasteiger partial charge in [0.15, 0.2) is 0 Å². The number of benzene rings is 1. The van der Waals surface area contributed by atoms with Crippen molar-refractivity contribution >= 4 is 0 Å². The predicted molar refractivity (Wildman–Crippen MR) is 120 cm³/mol. The van der Waals surface area contributed by atoms with E-state index in [0.29, 0.717) is 17.2 Å². The fourth-order valence-corrected chi connectivity index (χ4v) is 4.86. The summed E-state index contributed by atoms with van der Waals surface area (Å²) >= 11 is 0. The van der Waals surface area contributed by atoms with Crippen LogP contribution in [0.5, 0.6) is 0 Å². The number of halogens is 3. The maximum absolute atomic E-state index is 12.8. The van der Waals surface area contributed by atoms with Gasteiger partial charge in [0.25, 0.3) is 0 Å². The molecule has 1 saturated carbocycles. The highest BCUT2D eigenvalue weighted by Crippen LogP contribution is 2.32. The van der Waals surface area contributed by atoms with E-state index in [-0.39, 0.29) is 0 Å². The van der Waals surface area contributed by atoms with Crippen LogP contribution in [-0.4, -0.2) is 26.4 Å². The number of hydrogen-bond acceptors (Lipinski definition) is 4. The van der Waals surface area contributed by atoms with Crippen LogP contribution in [0, 0.1) is 0 Å². The lowest BCUT2D eigenvalue weighted by Gasteiger charge is -2.29. The lowest BCUT2D eigenvalue weighted by molar-refractivity contribution is -0.137. The summed E-state index contributed by atoms with van der Waals surface area (Å²) in [5.74, 6) is 1.56. The molecule has 0 unspecified atom stereocenters. The van der Waals surface area contributed by atoms with Gasteiger partial charge in [-0.2, -0.15) is 13.2 Å². The molecule has 0 saturated heterocycles. The summed E-state index contributed by atoms with van der Waals surface area (Å²) in [4.78, 5) is 16.5. The Balaban J connectivity index is 1.22. The van der Waals surface area contributed by atoms with Crippen molar-refractivity contribution in [1.29, 1.82) is 0 Å². The second-order valence-corrected chi connectivity index (χ2v) is 9.12. The first-order valence-electron chi connectivity index (χ1n) is 11.7. The number of pyridine rings is 1. The number of aromatic nitrogens is 3. The molecule has 0 atom stereocenters. The van der Waals surface area contributed by atoms with E-state index >= 15 is 0 Å². The normalized spacial score (nSPS) is 17.7. The van der Waals surface area contributed by atoms with Crippen molar-refractivity contribution in [2.24, 2.45) is 0 Å². The first kappa shape index (κ1) is 22.0. The number of fused-ring (bicyclic) bond motifs is 1. The Morgan fingerprint density at radius 3 is 2.39 bits per heavy atom. The molecule has 2 aromatic heterocycles. The Hall–Kier alpha value is -2.80. The molecule has 0 amide bonds. The third-order valence-electron chi connectivity index (χ3n) is 6.74. The molecule has 1 aliphatic heterocycles. The van der Waals surface area contributed by atoms with Gasteiger partial charge >= 0.3 is 6.18 Å². The Labute approximate surface area is 191 Å². The van der Waals surface area contributed by atoms with Crippen LogP contribution in [0.1, 0.15) is 66.2 Å². The number of nitrogens with zero attached hydrogens (tertiary/aromatic N) is 4. The van der Waals surface area contributed by atoms with Crippen LogP contribution in [-0.2, 0) is 25.7 Å². The largest absolute Gasteiger partial charge is 0.416 e. The molecule has 172 valence electrons. The molecule has 0 bridgehead atoms. The van der Waals surface area contributed by atoms with Crippen LogP contribution >= 0.6 is 0 Å². The molecule has 5 rings (SSSR count). The summed E-state index contributed by atoms with van der Waals surface area (Å²) in [6, 6.07) is 8.99. The maximum Gasteiger partial charge on any atom is 0.416 e. The fraction of sp³-hybridized carbons (Fsp3) is 0.423. The van der Waals surface area contributed by atoms with E-state index in [2.05, 4.69) is 9.88 Å². The van der Waals surface area contributed by atoms with Gasteiger partial charge in [0.05, 0.1) is 11.3 Å². The van der Waals surface area contributed by atoms with Crippen molar-refractivity contribution < 1.29 is 13.2 Å². The fourth-order valence-electron chi connectivity index (χ4n) is 4.86. The van der Waals surface area contributed by atoms with Crippen molar-refractivity contribution in [1.82, 2.24) is 19.9 Å². The molecule has 33 heavy (non-hydrogen) atoms. The van der Waals surface area contributed by atoms with Crippen molar-refractivity contribution in [3.8, 4) is 11.3 Å². The second kappa shape index (κ2) is 9.21. The van der Waals surface area contributed by atoms with Crippen LogP contribution in [0.2, 0.25) is 0 Å². The lowest BCUT2D eigenvalue weighted by Crippen LogP contribution is -2.31. The second-order valence-electron chi connectivity index (χ2n) is 9.12. The Morgan fingerprint density at radius 1 is 0.909 bits per heavy atom. The van der Waals surface area contributed by atoms with Gasteiger partial charge in [-0.25, -0.2) is 9.97 Å². The topological polar surface area (TPSA) is 41.9 Å². The quantitative estimate of drug-likeness (QED) is 0.475. The Bertz CT molecular complexity index is 1090. The molecule has 1 fully saturated rings. The average Bonchev–Trinajstić information content (AvgIpc) is 2.84.